The first kappa shape index (κ1) is 28.5. The number of hydrogen-bond donors (Lipinski definition) is 2. The third kappa shape index (κ3) is 7.69. The van der Waals surface area contributed by atoms with Crippen molar-refractivity contribution in [2.24, 2.45) is 0 Å². The van der Waals surface area contributed by atoms with Crippen molar-refractivity contribution in [2.45, 2.75) is 43.9 Å². The van der Waals surface area contributed by atoms with Gasteiger partial charge >= 0.3 is 0 Å². The zero-order valence-corrected chi connectivity index (χ0v) is 21.5. The predicted octanol–water partition coefficient (Wildman–Crippen LogP) is 2.41. The van der Waals surface area contributed by atoms with E-state index in [9.17, 15) is 32.3 Å². The number of sulfonamides is 1. The van der Waals surface area contributed by atoms with Crippen LogP contribution in [0.25, 0.3) is 0 Å². The van der Waals surface area contributed by atoms with Gasteiger partial charge in [0.2, 0.25) is 0 Å². The van der Waals surface area contributed by atoms with Crippen molar-refractivity contribution < 1.29 is 32.3 Å². The van der Waals surface area contributed by atoms with E-state index in [1.807, 2.05) is 11.6 Å². The number of carbonyl (C=O) groups excluding carboxylic acids is 3. The molecular formula is C27H27FN3O6S-. The van der Waals surface area contributed by atoms with Crippen LogP contribution in [0.15, 0.2) is 65.7 Å². The number of aromatic carboxylic acids is 1. The molecule has 2 amide bonds. The minimum atomic E-state index is -4.21. The zero-order chi connectivity index (χ0) is 27.7. The summed E-state index contributed by atoms with van der Waals surface area (Å²) in [6.45, 7) is 2.27. The first-order chi connectivity index (χ1) is 18.1. The first-order valence-electron chi connectivity index (χ1n) is 12.0. The fourth-order valence-electron chi connectivity index (χ4n) is 3.67. The molecule has 0 spiro atoms. The van der Waals surface area contributed by atoms with Crippen LogP contribution in [0, 0.1) is 5.82 Å². The van der Waals surface area contributed by atoms with Gasteiger partial charge in [0, 0.05) is 18.3 Å². The molecule has 0 aliphatic carbocycles. The molecule has 200 valence electrons. The number of unbranched alkanes of at least 4 members (excludes halogenated alkanes) is 2. The maximum absolute atomic E-state index is 13.0. The van der Waals surface area contributed by atoms with Gasteiger partial charge in [0.05, 0.1) is 22.1 Å². The van der Waals surface area contributed by atoms with E-state index in [2.05, 4.69) is 10.3 Å². The number of hydrogen-bond acceptors (Lipinski definition) is 7. The van der Waals surface area contributed by atoms with Crippen molar-refractivity contribution in [3.05, 3.63) is 94.6 Å². The normalized spacial score (nSPS) is 11.1. The lowest BCUT2D eigenvalue weighted by atomic mass is 10.0. The molecule has 2 N–H and O–H groups in total. The molecule has 0 atom stereocenters. The van der Waals surface area contributed by atoms with Crippen LogP contribution in [0.2, 0.25) is 0 Å². The van der Waals surface area contributed by atoms with E-state index in [1.165, 1.54) is 42.5 Å². The summed E-state index contributed by atoms with van der Waals surface area (Å²) < 4.78 is 40.4. The van der Waals surface area contributed by atoms with Gasteiger partial charge in [-0.05, 0) is 72.9 Å². The molecule has 38 heavy (non-hydrogen) atoms. The number of aryl methyl sites for hydroxylation is 1. The molecular weight excluding hydrogens is 513 g/mol. The maximum atomic E-state index is 13.0. The van der Waals surface area contributed by atoms with Crippen molar-refractivity contribution in [1.29, 1.82) is 0 Å². The SMILES string of the molecule is CCCCCc1cc(C(=O)NS(=O)(=O)c2ccc(CCNC(=O)c3ccc(F)cc3)cc2)cnc1C(=O)[O-]. The number of amides is 2. The van der Waals surface area contributed by atoms with Gasteiger partial charge in [-0.15, -0.1) is 0 Å². The van der Waals surface area contributed by atoms with Gasteiger partial charge < -0.3 is 15.2 Å². The van der Waals surface area contributed by atoms with Gasteiger partial charge in [0.25, 0.3) is 21.8 Å². The predicted molar refractivity (Wildman–Crippen MR) is 135 cm³/mol. The van der Waals surface area contributed by atoms with Crippen LogP contribution in [-0.2, 0) is 22.9 Å². The topological polar surface area (TPSA) is 145 Å². The lowest BCUT2D eigenvalue weighted by Gasteiger charge is -2.12. The molecule has 0 saturated heterocycles. The van der Waals surface area contributed by atoms with Crippen LogP contribution >= 0.6 is 0 Å². The van der Waals surface area contributed by atoms with Gasteiger partial charge in [0.15, 0.2) is 0 Å². The highest BCUT2D eigenvalue weighted by atomic mass is 32.2. The van der Waals surface area contributed by atoms with E-state index in [-0.39, 0.29) is 28.6 Å². The number of nitrogens with zero attached hydrogens (tertiary/aromatic N) is 1. The molecule has 3 rings (SSSR count). The van der Waals surface area contributed by atoms with Crippen LogP contribution in [0.1, 0.15) is 68.5 Å². The van der Waals surface area contributed by atoms with Crippen molar-refractivity contribution >= 4 is 27.8 Å². The van der Waals surface area contributed by atoms with Gasteiger partial charge in [-0.3, -0.25) is 14.6 Å². The fraction of sp³-hybridized carbons (Fsp3) is 0.259. The minimum absolute atomic E-state index is 0.0846. The summed E-state index contributed by atoms with van der Waals surface area (Å²) in [5.41, 5.74) is 1.01. The second-order valence-electron chi connectivity index (χ2n) is 8.57. The number of aromatic nitrogens is 1. The van der Waals surface area contributed by atoms with Gasteiger partial charge in [-0.25, -0.2) is 17.5 Å². The average Bonchev–Trinajstić information content (AvgIpc) is 2.89. The highest BCUT2D eigenvalue weighted by Crippen LogP contribution is 2.15. The lowest BCUT2D eigenvalue weighted by Crippen LogP contribution is -2.31. The molecule has 1 aromatic heterocycles. The Labute approximate surface area is 220 Å². The van der Waals surface area contributed by atoms with Crippen LogP contribution in [0.5, 0.6) is 0 Å². The van der Waals surface area contributed by atoms with Crippen LogP contribution < -0.4 is 15.1 Å². The molecule has 1 heterocycles. The number of carboxylic acids is 1. The second-order valence-corrected chi connectivity index (χ2v) is 10.3. The third-order valence-electron chi connectivity index (χ3n) is 5.74. The fourth-order valence-corrected chi connectivity index (χ4v) is 4.65. The first-order valence-corrected chi connectivity index (χ1v) is 13.5. The summed E-state index contributed by atoms with van der Waals surface area (Å²) in [6.07, 6.45) is 4.23. The molecule has 0 radical (unpaired) electrons. The van der Waals surface area contributed by atoms with Crippen LogP contribution in [0.3, 0.4) is 0 Å². The molecule has 0 aliphatic rings. The largest absolute Gasteiger partial charge is 0.543 e. The van der Waals surface area contributed by atoms with E-state index in [0.29, 0.717) is 30.4 Å². The highest BCUT2D eigenvalue weighted by Gasteiger charge is 2.20. The Balaban J connectivity index is 1.61. The molecule has 0 aliphatic heterocycles. The summed E-state index contributed by atoms with van der Waals surface area (Å²) in [4.78, 5) is 39.7. The van der Waals surface area contributed by atoms with Crippen molar-refractivity contribution in [2.75, 3.05) is 6.54 Å². The molecule has 2 aromatic carbocycles. The Morgan fingerprint density at radius 3 is 2.24 bits per heavy atom. The number of rotatable bonds is 12. The Kier molecular flexibility index (Phi) is 9.66. The van der Waals surface area contributed by atoms with E-state index in [0.717, 1.165) is 24.6 Å². The molecule has 0 unspecified atom stereocenters. The number of carbonyl (C=O) groups is 3. The summed E-state index contributed by atoms with van der Waals surface area (Å²) >= 11 is 0. The zero-order valence-electron chi connectivity index (χ0n) is 20.7. The summed E-state index contributed by atoms with van der Waals surface area (Å²) in [6, 6.07) is 12.2. The van der Waals surface area contributed by atoms with Gasteiger partial charge in [-0.2, -0.15) is 0 Å². The molecule has 0 bridgehead atoms. The number of nitrogens with one attached hydrogen (secondary N) is 2. The minimum Gasteiger partial charge on any atom is -0.543 e. The number of pyridine rings is 1. The summed E-state index contributed by atoms with van der Waals surface area (Å²) in [7, 11) is -4.21. The second kappa shape index (κ2) is 12.9. The Morgan fingerprint density at radius 2 is 1.61 bits per heavy atom. The van der Waals surface area contributed by atoms with Gasteiger partial charge in [0.1, 0.15) is 5.82 Å². The van der Waals surface area contributed by atoms with Crippen molar-refractivity contribution in [3.63, 3.8) is 0 Å². The average molecular weight is 541 g/mol. The summed E-state index contributed by atoms with van der Waals surface area (Å²) in [5, 5.41) is 14.1. The maximum Gasteiger partial charge on any atom is 0.266 e. The van der Waals surface area contributed by atoms with Gasteiger partial charge in [-0.1, -0.05) is 31.9 Å². The smallest absolute Gasteiger partial charge is 0.266 e. The molecule has 0 fully saturated rings. The molecule has 3 aromatic rings. The van der Waals surface area contributed by atoms with Crippen molar-refractivity contribution in [1.82, 2.24) is 15.0 Å². The molecule has 11 heteroatoms. The Hall–Kier alpha value is -4.12. The lowest BCUT2D eigenvalue weighted by molar-refractivity contribution is -0.255. The highest BCUT2D eigenvalue weighted by molar-refractivity contribution is 7.90. The van der Waals surface area contributed by atoms with Crippen LogP contribution in [0.4, 0.5) is 4.39 Å². The number of halogens is 1. The number of benzene rings is 2. The van der Waals surface area contributed by atoms with E-state index >= 15 is 0 Å². The Morgan fingerprint density at radius 1 is 0.921 bits per heavy atom. The molecule has 0 saturated carbocycles. The quantitative estimate of drug-likeness (QED) is 0.336. The monoisotopic (exact) mass is 540 g/mol. The van der Waals surface area contributed by atoms with E-state index in [1.54, 1.807) is 12.1 Å². The molecule has 9 nitrogen and oxygen atoms in total. The standard InChI is InChI=1S/C27H28FN3O6S/c1-2-3-4-5-20-16-21(17-30-24(20)27(34)35)26(33)31-38(36,37)23-12-6-18(7-13-23)14-15-29-25(32)19-8-10-22(28)11-9-19/h6-13,16-17H,2-5,14-15H2,1H3,(H,29,32)(H,31,33)(H,34,35)/p-1. The van der Waals surface area contributed by atoms with Crippen molar-refractivity contribution in [3.8, 4) is 0 Å². The van der Waals surface area contributed by atoms with E-state index in [4.69, 9.17) is 0 Å². The van der Waals surface area contributed by atoms with Crippen LogP contribution in [-0.4, -0.2) is 37.7 Å². The Bertz CT molecular complexity index is 1410. The number of carboxylic acid groups (broad SMARTS) is 1. The summed E-state index contributed by atoms with van der Waals surface area (Å²) in [5.74, 6) is -3.20. The van der Waals surface area contributed by atoms with E-state index < -0.39 is 27.7 Å². The third-order valence-corrected chi connectivity index (χ3v) is 7.09.